The minimum atomic E-state index is -0.218. The molecule has 0 radical (unpaired) electrons. The Morgan fingerprint density at radius 1 is 1.36 bits per heavy atom. The molecule has 0 unspecified atom stereocenters. The van der Waals surface area contributed by atoms with Crippen molar-refractivity contribution in [2.24, 2.45) is 5.84 Å². The van der Waals surface area contributed by atoms with Gasteiger partial charge in [-0.2, -0.15) is 0 Å². The van der Waals surface area contributed by atoms with Crippen molar-refractivity contribution in [3.05, 3.63) is 0 Å². The summed E-state index contributed by atoms with van der Waals surface area (Å²) in [6.45, 7) is 1.35. The van der Waals surface area contributed by atoms with Gasteiger partial charge in [-0.1, -0.05) is 0 Å². The average Bonchev–Trinajstić information content (AvgIpc) is 1.65. The summed E-state index contributed by atoms with van der Waals surface area (Å²) in [6, 6.07) is 0. The van der Waals surface area contributed by atoms with E-state index >= 15 is 0 Å². The normalized spacial score (nSPS) is 6.36. The molecule has 0 heterocycles. The summed E-state index contributed by atoms with van der Waals surface area (Å²) in [5.74, 6) is 4.35. The zero-order valence-electron chi connectivity index (χ0n) is 7.55. The predicted octanol–water partition coefficient (Wildman–Crippen LogP) is -0.242. The molecule has 0 fully saturated rings. The van der Waals surface area contributed by atoms with Crippen molar-refractivity contribution >= 4 is 18.3 Å². The third-order valence-electron chi connectivity index (χ3n) is 0.203. The van der Waals surface area contributed by atoms with Crippen LogP contribution < -0.4 is 17.4 Å². The maximum absolute atomic E-state index is 9.58. The van der Waals surface area contributed by atoms with E-state index in [9.17, 15) is 4.79 Å². The molecule has 0 aromatic rings. The molecule has 0 atom stereocenters. The number of amides is 1. The van der Waals surface area contributed by atoms with Crippen molar-refractivity contribution in [1.29, 1.82) is 0 Å². The molecule has 0 aliphatic carbocycles. The van der Waals surface area contributed by atoms with Gasteiger partial charge in [-0.15, -0.1) is 12.4 Å². The summed E-state index contributed by atoms with van der Waals surface area (Å²) in [7, 11) is 6.00. The molecule has 0 rings (SSSR count). The molecular formula is C5H19ClN4O. The first-order valence-electron chi connectivity index (χ1n) is 2.58. The van der Waals surface area contributed by atoms with E-state index in [0.29, 0.717) is 0 Å². The Morgan fingerprint density at radius 2 is 1.45 bits per heavy atom. The second-order valence-electron chi connectivity index (χ2n) is 2.04. The number of hydrazine groups is 1. The number of hydrogen-bond donors (Lipinski definition) is 3. The van der Waals surface area contributed by atoms with Crippen LogP contribution in [0.25, 0.3) is 0 Å². The van der Waals surface area contributed by atoms with E-state index in [1.807, 2.05) is 31.5 Å². The number of carbonyl (C=O) groups is 1. The summed E-state index contributed by atoms with van der Waals surface area (Å²) in [5, 5.41) is 0. The van der Waals surface area contributed by atoms with Crippen molar-refractivity contribution in [1.82, 2.24) is 16.5 Å². The highest BCUT2D eigenvalue weighted by Gasteiger charge is 1.73. The van der Waals surface area contributed by atoms with Gasteiger partial charge in [0.25, 0.3) is 0 Å². The Bertz CT molecular complexity index is 76.1. The largest absolute Gasteiger partial charge is 0.344 e. The molecular weight excluding hydrogens is 168 g/mol. The lowest BCUT2D eigenvalue weighted by atomic mass is 10.8. The van der Waals surface area contributed by atoms with Gasteiger partial charge in [0.15, 0.2) is 0 Å². The number of nitrogens with two attached hydrogens (primary N) is 1. The van der Waals surface area contributed by atoms with E-state index in [4.69, 9.17) is 0 Å². The van der Waals surface area contributed by atoms with Gasteiger partial charge in [0, 0.05) is 6.92 Å². The first-order valence-corrected chi connectivity index (χ1v) is 2.58. The summed E-state index contributed by atoms with van der Waals surface area (Å²) in [4.78, 5) is 11.6. The lowest BCUT2D eigenvalue weighted by molar-refractivity contribution is -0.119. The van der Waals surface area contributed by atoms with Crippen LogP contribution in [0.3, 0.4) is 0 Å². The van der Waals surface area contributed by atoms with Crippen molar-refractivity contribution in [2.45, 2.75) is 6.92 Å². The number of carbonyl (C=O) groups excluding carboxylic acids is 1. The first kappa shape index (κ1) is 22.4. The third kappa shape index (κ3) is 209. The first-order chi connectivity index (χ1) is 4.00. The molecule has 0 spiro atoms. The van der Waals surface area contributed by atoms with Crippen LogP contribution >= 0.6 is 12.4 Å². The molecule has 0 saturated carbocycles. The maximum Gasteiger partial charge on any atom is 0.230 e. The van der Waals surface area contributed by atoms with Gasteiger partial charge < -0.3 is 11.1 Å². The fourth-order valence-corrected chi connectivity index (χ4v) is 0. The second kappa shape index (κ2) is 16.3. The van der Waals surface area contributed by atoms with E-state index in [1.54, 1.807) is 0 Å². The Labute approximate surface area is 74.3 Å². The van der Waals surface area contributed by atoms with Gasteiger partial charge >= 0.3 is 0 Å². The van der Waals surface area contributed by atoms with Crippen LogP contribution in [0.5, 0.6) is 0 Å². The van der Waals surface area contributed by atoms with Crippen LogP contribution in [0, 0.1) is 0 Å². The molecule has 6 N–H and O–H groups in total. The molecule has 0 bridgehead atoms. The zero-order chi connectivity index (χ0) is 7.86. The molecule has 0 aromatic heterocycles. The highest BCUT2D eigenvalue weighted by Crippen LogP contribution is 1.47. The van der Waals surface area contributed by atoms with E-state index in [0.717, 1.165) is 0 Å². The Morgan fingerprint density at radius 3 is 1.45 bits per heavy atom. The smallest absolute Gasteiger partial charge is 0.230 e. The topological polar surface area (TPSA) is 93.4 Å². The number of hydrogen-bond acceptors (Lipinski definition) is 4. The number of nitrogens with zero attached hydrogens (tertiary/aromatic N) is 1. The number of rotatable bonds is 0. The van der Waals surface area contributed by atoms with E-state index < -0.39 is 0 Å². The molecule has 0 aromatic carbocycles. The van der Waals surface area contributed by atoms with E-state index in [2.05, 4.69) is 5.84 Å². The van der Waals surface area contributed by atoms with Crippen molar-refractivity contribution < 1.29 is 4.79 Å². The highest BCUT2D eigenvalue weighted by atomic mass is 35.5. The lowest BCUT2D eigenvalue weighted by Gasteiger charge is -1.90. The third-order valence-corrected chi connectivity index (χ3v) is 0.203. The lowest BCUT2D eigenvalue weighted by Crippen LogP contribution is -2.26. The Hall–Kier alpha value is -0.360. The van der Waals surface area contributed by atoms with Crippen molar-refractivity contribution in [3.8, 4) is 0 Å². The molecule has 0 saturated heterocycles. The van der Waals surface area contributed by atoms with Gasteiger partial charge in [-0.3, -0.25) is 10.2 Å². The van der Waals surface area contributed by atoms with Crippen molar-refractivity contribution in [2.75, 3.05) is 21.1 Å². The summed E-state index contributed by atoms with van der Waals surface area (Å²) in [5.41, 5.74) is 1.89. The summed E-state index contributed by atoms with van der Waals surface area (Å²) in [6.07, 6.45) is 0. The molecule has 72 valence electrons. The maximum atomic E-state index is 9.58. The van der Waals surface area contributed by atoms with Gasteiger partial charge in [-0.05, 0) is 21.1 Å². The molecule has 5 nitrogen and oxygen atoms in total. The zero-order valence-corrected chi connectivity index (χ0v) is 8.36. The summed E-state index contributed by atoms with van der Waals surface area (Å²) < 4.78 is 0. The minimum Gasteiger partial charge on any atom is -0.344 e. The molecule has 0 aliphatic heterocycles. The predicted molar refractivity (Wildman–Crippen MR) is 49.9 cm³/mol. The van der Waals surface area contributed by atoms with Crippen molar-refractivity contribution in [3.63, 3.8) is 0 Å². The van der Waals surface area contributed by atoms with Crippen LogP contribution in [-0.4, -0.2) is 32.0 Å². The van der Waals surface area contributed by atoms with Gasteiger partial charge in [0.05, 0.1) is 0 Å². The fraction of sp³-hybridized carbons (Fsp3) is 0.800. The quantitative estimate of drug-likeness (QED) is 0.277. The monoisotopic (exact) mass is 186 g/mol. The van der Waals surface area contributed by atoms with E-state index in [1.165, 1.54) is 6.92 Å². The van der Waals surface area contributed by atoms with Gasteiger partial charge in [-0.25, -0.2) is 5.84 Å². The van der Waals surface area contributed by atoms with Crippen LogP contribution in [-0.2, 0) is 4.79 Å². The molecule has 6 heteroatoms. The van der Waals surface area contributed by atoms with Gasteiger partial charge in [0.2, 0.25) is 5.91 Å². The average molecular weight is 187 g/mol. The Balaban J connectivity index is -0.0000000383. The highest BCUT2D eigenvalue weighted by molar-refractivity contribution is 5.85. The second-order valence-corrected chi connectivity index (χ2v) is 2.04. The van der Waals surface area contributed by atoms with E-state index in [-0.39, 0.29) is 24.5 Å². The number of nitrogens with one attached hydrogen (secondary N) is 1. The van der Waals surface area contributed by atoms with Crippen LogP contribution in [0.2, 0.25) is 0 Å². The molecule has 0 aliphatic rings. The van der Waals surface area contributed by atoms with Gasteiger partial charge in [0.1, 0.15) is 0 Å². The molecule has 1 amide bonds. The van der Waals surface area contributed by atoms with Crippen LogP contribution in [0.1, 0.15) is 6.92 Å². The SMILES string of the molecule is CC(=O)NN.CN(C)C.Cl.N. The number of halogens is 1. The van der Waals surface area contributed by atoms with Crippen LogP contribution in [0.4, 0.5) is 0 Å². The molecule has 11 heavy (non-hydrogen) atoms. The Kier molecular flexibility index (Phi) is 33.3. The standard InChI is InChI=1S/C3H9N.C2H6N2O.ClH.H3N/c1-4(2)3;1-2(5)4-3;;/h1-3H3;3H2,1H3,(H,4,5);1H;1H3. The summed E-state index contributed by atoms with van der Waals surface area (Å²) >= 11 is 0. The minimum absolute atomic E-state index is 0. The van der Waals surface area contributed by atoms with Crippen LogP contribution in [0.15, 0.2) is 0 Å². The fourth-order valence-electron chi connectivity index (χ4n) is 0.